The number of anilines is 1. The lowest BCUT2D eigenvalue weighted by atomic mass is 9.85. The molecule has 0 aromatic heterocycles. The van der Waals surface area contributed by atoms with Crippen LogP contribution in [0.25, 0.3) is 0 Å². The molecule has 1 aromatic rings. The lowest BCUT2D eigenvalue weighted by Gasteiger charge is -2.36. The summed E-state index contributed by atoms with van der Waals surface area (Å²) in [5, 5.41) is 19.8. The van der Waals surface area contributed by atoms with Crippen LogP contribution in [0.2, 0.25) is 0 Å². The van der Waals surface area contributed by atoms with Crippen molar-refractivity contribution in [2.45, 2.75) is 57.6 Å². The van der Waals surface area contributed by atoms with Gasteiger partial charge in [0.1, 0.15) is 17.7 Å². The third-order valence-corrected chi connectivity index (χ3v) is 6.60. The fourth-order valence-electron chi connectivity index (χ4n) is 3.79. The Balaban J connectivity index is 1.58. The SMILES string of the molecule is Oc1cc(CCCC2CCCCC2)ccc1N1CC(O)NS1(O)O. The summed E-state index contributed by atoms with van der Waals surface area (Å²) >= 11 is 0. The van der Waals surface area contributed by atoms with Crippen molar-refractivity contribution in [2.24, 2.45) is 5.92 Å². The maximum absolute atomic E-state index is 10.3. The van der Waals surface area contributed by atoms with Crippen molar-refractivity contribution in [1.29, 1.82) is 0 Å². The molecule has 1 aliphatic carbocycles. The first-order valence-corrected chi connectivity index (χ1v) is 10.3. The van der Waals surface area contributed by atoms with Crippen molar-refractivity contribution in [3.05, 3.63) is 23.8 Å². The van der Waals surface area contributed by atoms with Crippen LogP contribution in [0.3, 0.4) is 0 Å². The molecule has 7 heteroatoms. The van der Waals surface area contributed by atoms with Gasteiger partial charge in [-0.3, -0.25) is 13.4 Å². The number of benzene rings is 1. The third-order valence-electron chi connectivity index (χ3n) is 5.05. The number of nitrogens with one attached hydrogen (secondary N) is 1. The number of phenols is 1. The summed E-state index contributed by atoms with van der Waals surface area (Å²) in [6.07, 6.45) is 9.06. The summed E-state index contributed by atoms with van der Waals surface area (Å²) in [6.45, 7) is 0.0247. The highest BCUT2D eigenvalue weighted by Gasteiger charge is 2.36. The smallest absolute Gasteiger partial charge is 0.142 e. The highest BCUT2D eigenvalue weighted by atomic mass is 32.3. The quantitative estimate of drug-likeness (QED) is 0.553. The number of nitrogens with zero attached hydrogens (tertiary/aromatic N) is 1. The van der Waals surface area contributed by atoms with Crippen LogP contribution in [0, 0.1) is 5.92 Å². The van der Waals surface area contributed by atoms with Crippen molar-refractivity contribution in [2.75, 3.05) is 10.8 Å². The molecule has 2 aliphatic rings. The van der Waals surface area contributed by atoms with E-state index in [1.54, 1.807) is 12.1 Å². The highest BCUT2D eigenvalue weighted by molar-refractivity contribution is 8.24. The Morgan fingerprint density at radius 3 is 2.54 bits per heavy atom. The van der Waals surface area contributed by atoms with Crippen molar-refractivity contribution in [1.82, 2.24) is 4.72 Å². The van der Waals surface area contributed by atoms with Crippen LogP contribution in [0.5, 0.6) is 5.75 Å². The van der Waals surface area contributed by atoms with Gasteiger partial charge in [0.15, 0.2) is 0 Å². The lowest BCUT2D eigenvalue weighted by molar-refractivity contribution is 0.182. The molecule has 0 spiro atoms. The number of aromatic hydroxyl groups is 1. The number of phenolic OH excluding ortho intramolecular Hbond substituents is 1. The van der Waals surface area contributed by atoms with E-state index in [1.807, 2.05) is 6.07 Å². The van der Waals surface area contributed by atoms with E-state index in [9.17, 15) is 19.3 Å². The molecule has 1 aliphatic heterocycles. The van der Waals surface area contributed by atoms with Crippen LogP contribution >= 0.6 is 11.0 Å². The predicted octanol–water partition coefficient (Wildman–Crippen LogP) is 3.60. The van der Waals surface area contributed by atoms with Gasteiger partial charge in [0, 0.05) is 0 Å². The maximum Gasteiger partial charge on any atom is 0.142 e. The topological polar surface area (TPSA) is 96.2 Å². The van der Waals surface area contributed by atoms with E-state index in [0.717, 1.165) is 24.3 Å². The molecule has 1 unspecified atom stereocenters. The molecule has 1 atom stereocenters. The van der Waals surface area contributed by atoms with Crippen LogP contribution in [-0.4, -0.2) is 32.1 Å². The molecule has 1 saturated heterocycles. The standard InChI is InChI=1S/C17H28N2O4S/c20-16-11-14(8-4-7-13-5-2-1-3-6-13)9-10-15(16)19-12-17(21)18-24(19,22)23/h9-11,13,17-18,20-23H,1-8,12H2. The second kappa shape index (κ2) is 7.49. The normalized spacial score (nSPS) is 25.8. The summed E-state index contributed by atoms with van der Waals surface area (Å²) in [4.78, 5) is 0. The number of aryl methyl sites for hydroxylation is 1. The summed E-state index contributed by atoms with van der Waals surface area (Å²) in [6, 6.07) is 5.30. The van der Waals surface area contributed by atoms with E-state index in [2.05, 4.69) is 4.72 Å². The Morgan fingerprint density at radius 1 is 1.17 bits per heavy atom. The average molecular weight is 356 g/mol. The van der Waals surface area contributed by atoms with E-state index < -0.39 is 17.2 Å². The van der Waals surface area contributed by atoms with E-state index in [1.165, 1.54) is 42.8 Å². The van der Waals surface area contributed by atoms with Gasteiger partial charge >= 0.3 is 0 Å². The molecule has 24 heavy (non-hydrogen) atoms. The number of aliphatic hydroxyl groups is 1. The first kappa shape index (κ1) is 17.8. The first-order chi connectivity index (χ1) is 11.5. The first-order valence-electron chi connectivity index (χ1n) is 8.79. The summed E-state index contributed by atoms with van der Waals surface area (Å²) in [5.41, 5.74) is 1.38. The van der Waals surface area contributed by atoms with Crippen LogP contribution in [0.15, 0.2) is 18.2 Å². The molecule has 0 amide bonds. The van der Waals surface area contributed by atoms with Gasteiger partial charge in [0.25, 0.3) is 0 Å². The minimum absolute atomic E-state index is 0.0149. The molecule has 2 fully saturated rings. The van der Waals surface area contributed by atoms with Crippen LogP contribution in [-0.2, 0) is 6.42 Å². The molecule has 1 saturated carbocycles. The van der Waals surface area contributed by atoms with E-state index in [4.69, 9.17) is 0 Å². The Kier molecular flexibility index (Phi) is 5.56. The van der Waals surface area contributed by atoms with Gasteiger partial charge in [-0.25, -0.2) is 0 Å². The van der Waals surface area contributed by atoms with Crippen LogP contribution < -0.4 is 9.03 Å². The van der Waals surface area contributed by atoms with Gasteiger partial charge in [-0.1, -0.05) is 55.6 Å². The number of aliphatic hydroxyl groups excluding tert-OH is 1. The van der Waals surface area contributed by atoms with Gasteiger partial charge in [0.2, 0.25) is 0 Å². The fraction of sp³-hybridized carbons (Fsp3) is 0.647. The van der Waals surface area contributed by atoms with Crippen LogP contribution in [0.4, 0.5) is 5.69 Å². The molecular formula is C17H28N2O4S. The minimum atomic E-state index is -3.28. The van der Waals surface area contributed by atoms with E-state index >= 15 is 0 Å². The molecule has 0 radical (unpaired) electrons. The number of β-amino-alcohol motifs (C(OH)–C–C–N with tert-alkyl or cyclic N) is 1. The zero-order chi connectivity index (χ0) is 17.2. The average Bonchev–Trinajstić information content (AvgIpc) is 2.81. The molecule has 1 heterocycles. The van der Waals surface area contributed by atoms with Gasteiger partial charge in [-0.2, -0.15) is 4.72 Å². The van der Waals surface area contributed by atoms with Gasteiger partial charge in [-0.15, -0.1) is 0 Å². The van der Waals surface area contributed by atoms with Crippen molar-refractivity contribution >= 4 is 16.6 Å². The lowest BCUT2D eigenvalue weighted by Crippen LogP contribution is -2.25. The van der Waals surface area contributed by atoms with Gasteiger partial charge in [-0.05, 0) is 36.5 Å². The van der Waals surface area contributed by atoms with Gasteiger partial charge in [0.05, 0.1) is 6.54 Å². The highest BCUT2D eigenvalue weighted by Crippen LogP contribution is 2.49. The molecule has 136 valence electrons. The van der Waals surface area contributed by atoms with Crippen molar-refractivity contribution in [3.8, 4) is 5.75 Å². The predicted molar refractivity (Wildman–Crippen MR) is 97.0 cm³/mol. The second-order valence-electron chi connectivity index (χ2n) is 6.93. The second-order valence-corrected chi connectivity index (χ2v) is 8.65. The summed E-state index contributed by atoms with van der Waals surface area (Å²) in [7, 11) is -3.28. The monoisotopic (exact) mass is 356 g/mol. The Hall–Kier alpha value is -0.990. The van der Waals surface area contributed by atoms with E-state index in [0.29, 0.717) is 5.69 Å². The third kappa shape index (κ3) is 4.15. The number of hydrogen-bond donors (Lipinski definition) is 5. The summed E-state index contributed by atoms with van der Waals surface area (Å²) < 4.78 is 23.4. The largest absolute Gasteiger partial charge is 0.506 e. The molecule has 1 aromatic carbocycles. The van der Waals surface area contributed by atoms with Crippen LogP contribution in [0.1, 0.15) is 50.5 Å². The molecule has 3 rings (SSSR count). The molecule has 6 nitrogen and oxygen atoms in total. The van der Waals surface area contributed by atoms with Crippen molar-refractivity contribution in [3.63, 3.8) is 0 Å². The van der Waals surface area contributed by atoms with Crippen molar-refractivity contribution < 1.29 is 19.3 Å². The van der Waals surface area contributed by atoms with E-state index in [-0.39, 0.29) is 12.3 Å². The minimum Gasteiger partial charge on any atom is -0.506 e. The number of rotatable bonds is 5. The summed E-state index contributed by atoms with van der Waals surface area (Å²) in [5.74, 6) is 0.873. The maximum atomic E-state index is 10.3. The van der Waals surface area contributed by atoms with Gasteiger partial charge < -0.3 is 10.2 Å². The Morgan fingerprint density at radius 2 is 1.92 bits per heavy atom. The molecule has 0 bridgehead atoms. The zero-order valence-electron chi connectivity index (χ0n) is 13.9. The Bertz CT molecular complexity index is 564. The molecule has 5 N–H and O–H groups in total. The zero-order valence-corrected chi connectivity index (χ0v) is 14.7. The Labute approximate surface area is 145 Å². The molecular weight excluding hydrogens is 328 g/mol. The fourth-order valence-corrected chi connectivity index (χ4v) is 5.13. The number of hydrogen-bond acceptors (Lipinski definition) is 6.